The maximum absolute atomic E-state index is 13.4. The van der Waals surface area contributed by atoms with Crippen molar-refractivity contribution in [3.63, 3.8) is 0 Å². The Labute approximate surface area is 230 Å². The number of halogens is 3. The van der Waals surface area contributed by atoms with E-state index in [2.05, 4.69) is 16.7 Å². The molecule has 2 bridgehead atoms. The Morgan fingerprint density at radius 1 is 1.15 bits per heavy atom. The number of likely N-dealkylation sites (tertiary alicyclic amines) is 1. The largest absolute Gasteiger partial charge is 0.504 e. The smallest absolute Gasteiger partial charge is 0.416 e. The van der Waals surface area contributed by atoms with Crippen molar-refractivity contribution >= 4 is 5.91 Å². The molecular weight excluding hydrogens is 521 g/mol. The molecule has 1 spiro atoms. The number of hydrogen-bond acceptors (Lipinski definition) is 5. The molecule has 5 atom stereocenters. The molecule has 2 aromatic rings. The Balaban J connectivity index is 1.25. The zero-order valence-corrected chi connectivity index (χ0v) is 22.2. The molecule has 2 aromatic carbocycles. The summed E-state index contributed by atoms with van der Waals surface area (Å²) in [5, 5.41) is 23.7. The Kier molecular flexibility index (Phi) is 5.56. The van der Waals surface area contributed by atoms with E-state index in [1.807, 2.05) is 6.07 Å². The van der Waals surface area contributed by atoms with Crippen molar-refractivity contribution in [3.05, 3.63) is 58.7 Å². The second-order valence-electron chi connectivity index (χ2n) is 12.1. The third-order valence-electron chi connectivity index (χ3n) is 10.1. The third-order valence-corrected chi connectivity index (χ3v) is 10.1. The Morgan fingerprint density at radius 2 is 1.90 bits per heavy atom. The van der Waals surface area contributed by atoms with Gasteiger partial charge in [0.05, 0.1) is 17.0 Å². The summed E-state index contributed by atoms with van der Waals surface area (Å²) in [5.74, 6) is 5.97. The number of likely N-dealkylation sites (N-methyl/N-ethyl adjacent to an activating group) is 1. The molecule has 2 N–H and O–H groups in total. The summed E-state index contributed by atoms with van der Waals surface area (Å²) >= 11 is 0. The van der Waals surface area contributed by atoms with E-state index in [9.17, 15) is 28.2 Å². The predicted octanol–water partition coefficient (Wildman–Crippen LogP) is 3.85. The van der Waals surface area contributed by atoms with Crippen LogP contribution in [0, 0.1) is 17.8 Å². The van der Waals surface area contributed by atoms with E-state index in [0.717, 1.165) is 36.3 Å². The number of hydrogen-bond donors (Lipinski definition) is 2. The van der Waals surface area contributed by atoms with Gasteiger partial charge in [0, 0.05) is 36.7 Å². The summed E-state index contributed by atoms with van der Waals surface area (Å²) in [6.45, 7) is 1.73. The molecule has 210 valence electrons. The second kappa shape index (κ2) is 8.64. The molecule has 1 amide bonds. The van der Waals surface area contributed by atoms with Gasteiger partial charge in [-0.05, 0) is 86.9 Å². The van der Waals surface area contributed by atoms with Gasteiger partial charge in [-0.1, -0.05) is 12.0 Å². The molecule has 0 unspecified atom stereocenters. The fourth-order valence-corrected chi connectivity index (χ4v) is 8.07. The number of carbonyl (C=O) groups excluding carboxylic acids is 1. The summed E-state index contributed by atoms with van der Waals surface area (Å²) in [6.07, 6.45) is 0.00732. The molecule has 7 rings (SSSR count). The van der Waals surface area contributed by atoms with Gasteiger partial charge in [0.25, 0.3) is 5.91 Å². The molecule has 2 saturated carbocycles. The van der Waals surface area contributed by atoms with E-state index in [1.165, 1.54) is 29.9 Å². The van der Waals surface area contributed by atoms with Crippen LogP contribution in [0.2, 0.25) is 0 Å². The molecule has 3 aliphatic carbocycles. The minimum absolute atomic E-state index is 0.0760. The molecule has 5 aliphatic rings. The number of piperidine rings is 1. The van der Waals surface area contributed by atoms with Crippen molar-refractivity contribution in [2.45, 2.75) is 73.9 Å². The van der Waals surface area contributed by atoms with E-state index in [-0.39, 0.29) is 17.9 Å². The lowest BCUT2D eigenvalue weighted by Gasteiger charge is -2.66. The Hall–Kier alpha value is -3.22. The van der Waals surface area contributed by atoms with Crippen LogP contribution in [0.5, 0.6) is 11.5 Å². The van der Waals surface area contributed by atoms with Gasteiger partial charge in [0.15, 0.2) is 11.5 Å². The van der Waals surface area contributed by atoms with E-state index >= 15 is 0 Å². The molecule has 40 heavy (non-hydrogen) atoms. The number of phenols is 1. The monoisotopic (exact) mass is 552 g/mol. The van der Waals surface area contributed by atoms with E-state index in [1.54, 1.807) is 13.1 Å². The molecule has 2 heterocycles. The number of aromatic hydroxyl groups is 1. The number of aliphatic hydroxyl groups is 1. The van der Waals surface area contributed by atoms with Gasteiger partial charge < -0.3 is 19.8 Å². The lowest BCUT2D eigenvalue weighted by molar-refractivity contribution is -0.217. The maximum atomic E-state index is 13.4. The van der Waals surface area contributed by atoms with E-state index in [4.69, 9.17) is 4.74 Å². The average molecular weight is 553 g/mol. The number of benzene rings is 2. The first-order valence-corrected chi connectivity index (χ1v) is 14.0. The number of carbonyl (C=O) groups is 1. The number of phenolic OH excluding ortho intramolecular Hbond substituents is 1. The summed E-state index contributed by atoms with van der Waals surface area (Å²) < 4.78 is 45.1. The number of alkyl halides is 3. The summed E-state index contributed by atoms with van der Waals surface area (Å²) in [7, 11) is 1.65. The van der Waals surface area contributed by atoms with Crippen molar-refractivity contribution in [2.75, 3.05) is 20.1 Å². The van der Waals surface area contributed by atoms with Gasteiger partial charge in [0.2, 0.25) is 0 Å². The lowest BCUT2D eigenvalue weighted by Crippen LogP contribution is -2.81. The van der Waals surface area contributed by atoms with Crippen molar-refractivity contribution in [2.24, 2.45) is 5.92 Å². The van der Waals surface area contributed by atoms with Gasteiger partial charge in [-0.15, -0.1) is 0 Å². The van der Waals surface area contributed by atoms with Crippen LogP contribution in [0.4, 0.5) is 13.2 Å². The average Bonchev–Trinajstić information content (AvgIpc) is 3.67. The van der Waals surface area contributed by atoms with Crippen LogP contribution in [-0.4, -0.2) is 69.8 Å². The zero-order chi connectivity index (χ0) is 28.0. The Morgan fingerprint density at radius 3 is 2.60 bits per heavy atom. The van der Waals surface area contributed by atoms with Crippen molar-refractivity contribution in [1.82, 2.24) is 9.80 Å². The first-order chi connectivity index (χ1) is 19.0. The van der Waals surface area contributed by atoms with Gasteiger partial charge in [0.1, 0.15) is 11.7 Å². The van der Waals surface area contributed by atoms with E-state index < -0.39 is 34.7 Å². The minimum Gasteiger partial charge on any atom is -0.504 e. The first-order valence-electron chi connectivity index (χ1n) is 14.0. The van der Waals surface area contributed by atoms with Gasteiger partial charge in [-0.25, -0.2) is 0 Å². The number of ether oxygens (including phenoxy) is 1. The van der Waals surface area contributed by atoms with Gasteiger partial charge in [-0.3, -0.25) is 9.69 Å². The molecule has 0 aromatic heterocycles. The zero-order valence-electron chi connectivity index (χ0n) is 22.2. The fourth-order valence-electron chi connectivity index (χ4n) is 8.07. The molecule has 9 heteroatoms. The van der Waals surface area contributed by atoms with Crippen LogP contribution in [-0.2, 0) is 22.8 Å². The number of rotatable bonds is 3. The van der Waals surface area contributed by atoms with E-state index in [0.29, 0.717) is 42.9 Å². The van der Waals surface area contributed by atoms with Crippen LogP contribution in [0.25, 0.3) is 0 Å². The van der Waals surface area contributed by atoms with Crippen molar-refractivity contribution in [1.29, 1.82) is 0 Å². The highest BCUT2D eigenvalue weighted by molar-refractivity contribution is 5.94. The van der Waals surface area contributed by atoms with Gasteiger partial charge >= 0.3 is 6.18 Å². The molecule has 3 fully saturated rings. The third kappa shape index (κ3) is 3.55. The highest BCUT2D eigenvalue weighted by atomic mass is 19.4. The fraction of sp³-hybridized carbons (Fsp3) is 0.516. The quantitative estimate of drug-likeness (QED) is 0.566. The van der Waals surface area contributed by atoms with Crippen molar-refractivity contribution in [3.8, 4) is 23.3 Å². The standard InChI is InChI=1S/C31H31F3N2O4/c1-35(26(38)13-6-18-4-8-21(9-5-18)31(32,33)34)23-11-12-25-29-14-15-36(17-19-2-3-19)24(30(23,29)39)16-20-7-10-22(37)28(40-25)27(20)29/h4-5,7-10,19,23-25,37,39H,2-3,11-12,14-17H2,1H3/t23-,24-,25+,29-,30-/m1/s1. The van der Waals surface area contributed by atoms with Crippen LogP contribution in [0.3, 0.4) is 0 Å². The summed E-state index contributed by atoms with van der Waals surface area (Å²) in [5.41, 5.74) is -0.568. The first kappa shape index (κ1) is 25.7. The molecule has 2 aliphatic heterocycles. The normalized spacial score (nSPS) is 32.0. The Bertz CT molecular complexity index is 1440. The van der Waals surface area contributed by atoms with Crippen molar-refractivity contribution < 1.29 is 32.9 Å². The predicted molar refractivity (Wildman–Crippen MR) is 140 cm³/mol. The molecule has 0 radical (unpaired) electrons. The highest BCUT2D eigenvalue weighted by Gasteiger charge is 2.74. The second-order valence-corrected chi connectivity index (χ2v) is 12.1. The van der Waals surface area contributed by atoms with Crippen LogP contribution >= 0.6 is 0 Å². The molecule has 6 nitrogen and oxygen atoms in total. The topological polar surface area (TPSA) is 73.2 Å². The molecular formula is C31H31F3N2O4. The molecule has 1 saturated heterocycles. The number of nitrogens with zero attached hydrogens (tertiary/aromatic N) is 2. The van der Waals surface area contributed by atoms with Crippen LogP contribution in [0.1, 0.15) is 54.4 Å². The highest BCUT2D eigenvalue weighted by Crippen LogP contribution is 2.66. The SMILES string of the molecule is CN(C(=O)C#Cc1ccc(C(F)(F)F)cc1)[C@@H]1CC[C@@H]2Oc3c(O)ccc4c3[C@@]23CCN(CC2CC2)[C@H](C4)[C@]13O. The summed E-state index contributed by atoms with van der Waals surface area (Å²) in [6, 6.07) is 7.26. The lowest BCUT2D eigenvalue weighted by atomic mass is 9.47. The summed E-state index contributed by atoms with van der Waals surface area (Å²) in [4.78, 5) is 17.3. The number of amides is 1. The minimum atomic E-state index is -4.44. The maximum Gasteiger partial charge on any atom is 0.416 e. The van der Waals surface area contributed by atoms with Crippen LogP contribution in [0.15, 0.2) is 36.4 Å². The van der Waals surface area contributed by atoms with Crippen LogP contribution < -0.4 is 4.74 Å². The van der Waals surface area contributed by atoms with Gasteiger partial charge in [-0.2, -0.15) is 13.2 Å².